The van der Waals surface area contributed by atoms with Crippen LogP contribution in [0.3, 0.4) is 0 Å². The van der Waals surface area contributed by atoms with E-state index >= 15 is 0 Å². The Morgan fingerprint density at radius 2 is 1.66 bits per heavy atom. The summed E-state index contributed by atoms with van der Waals surface area (Å²) in [5.74, 6) is 1.49. The SMILES string of the molecule is COc1ccc(-c2ccc(OCCNC(=O)COc3ccc(Cl)cc3)nn2)cc1. The molecular formula is C21H20ClN3O4. The van der Waals surface area contributed by atoms with Gasteiger partial charge in [0, 0.05) is 16.7 Å². The summed E-state index contributed by atoms with van der Waals surface area (Å²) in [5.41, 5.74) is 1.66. The molecule has 29 heavy (non-hydrogen) atoms. The first-order valence-electron chi connectivity index (χ1n) is 8.90. The summed E-state index contributed by atoms with van der Waals surface area (Å²) in [6, 6.07) is 17.9. The van der Waals surface area contributed by atoms with E-state index in [1.165, 1.54) is 0 Å². The topological polar surface area (TPSA) is 82.6 Å². The molecule has 3 rings (SSSR count). The molecule has 0 spiro atoms. The highest BCUT2D eigenvalue weighted by atomic mass is 35.5. The average molecular weight is 414 g/mol. The van der Waals surface area contributed by atoms with Gasteiger partial charge >= 0.3 is 0 Å². The summed E-state index contributed by atoms with van der Waals surface area (Å²) >= 11 is 5.80. The van der Waals surface area contributed by atoms with Crippen molar-refractivity contribution in [3.05, 3.63) is 65.7 Å². The van der Waals surface area contributed by atoms with Crippen LogP contribution in [0.5, 0.6) is 17.4 Å². The molecule has 150 valence electrons. The van der Waals surface area contributed by atoms with Crippen LogP contribution in [0, 0.1) is 0 Å². The highest BCUT2D eigenvalue weighted by Gasteiger charge is 2.05. The predicted octanol–water partition coefficient (Wildman–Crippen LogP) is 3.38. The molecule has 8 heteroatoms. The lowest BCUT2D eigenvalue weighted by Gasteiger charge is -2.08. The van der Waals surface area contributed by atoms with E-state index in [1.54, 1.807) is 37.4 Å². The van der Waals surface area contributed by atoms with Gasteiger partial charge < -0.3 is 19.5 Å². The fraction of sp³-hybridized carbons (Fsp3) is 0.190. The van der Waals surface area contributed by atoms with Crippen LogP contribution < -0.4 is 19.5 Å². The van der Waals surface area contributed by atoms with Gasteiger partial charge in [0.1, 0.15) is 18.1 Å². The molecule has 0 fully saturated rings. The number of carbonyl (C=O) groups is 1. The van der Waals surface area contributed by atoms with E-state index in [4.69, 9.17) is 25.8 Å². The van der Waals surface area contributed by atoms with E-state index in [2.05, 4.69) is 15.5 Å². The van der Waals surface area contributed by atoms with E-state index < -0.39 is 0 Å². The second kappa shape index (κ2) is 10.3. The largest absolute Gasteiger partial charge is 0.497 e. The average Bonchev–Trinajstić information content (AvgIpc) is 2.77. The molecule has 0 atom stereocenters. The van der Waals surface area contributed by atoms with Crippen LogP contribution in [0.25, 0.3) is 11.3 Å². The number of benzene rings is 2. The molecule has 0 saturated heterocycles. The Labute approximate surface area is 173 Å². The minimum atomic E-state index is -0.246. The summed E-state index contributed by atoms with van der Waals surface area (Å²) in [7, 11) is 1.62. The maximum Gasteiger partial charge on any atom is 0.258 e. The fourth-order valence-corrected chi connectivity index (χ4v) is 2.52. The van der Waals surface area contributed by atoms with Crippen LogP contribution in [-0.2, 0) is 4.79 Å². The zero-order valence-corrected chi connectivity index (χ0v) is 16.6. The van der Waals surface area contributed by atoms with E-state index in [1.807, 2.05) is 30.3 Å². The number of methoxy groups -OCH3 is 1. The van der Waals surface area contributed by atoms with Crippen LogP contribution in [-0.4, -0.2) is 43.0 Å². The second-order valence-electron chi connectivity index (χ2n) is 5.93. The number of amides is 1. The van der Waals surface area contributed by atoms with Gasteiger partial charge in [-0.05, 0) is 54.6 Å². The van der Waals surface area contributed by atoms with Crippen molar-refractivity contribution in [2.24, 2.45) is 0 Å². The smallest absolute Gasteiger partial charge is 0.258 e. The molecule has 3 aromatic rings. The first-order chi connectivity index (χ1) is 14.1. The lowest BCUT2D eigenvalue weighted by Crippen LogP contribution is -2.32. The Morgan fingerprint density at radius 1 is 0.931 bits per heavy atom. The third-order valence-corrected chi connectivity index (χ3v) is 4.14. The third-order valence-electron chi connectivity index (χ3n) is 3.88. The molecule has 0 aliphatic carbocycles. The molecule has 2 aromatic carbocycles. The van der Waals surface area contributed by atoms with Crippen molar-refractivity contribution in [1.82, 2.24) is 15.5 Å². The first-order valence-corrected chi connectivity index (χ1v) is 9.28. The van der Waals surface area contributed by atoms with Gasteiger partial charge in [-0.25, -0.2) is 0 Å². The number of nitrogens with one attached hydrogen (secondary N) is 1. The minimum Gasteiger partial charge on any atom is -0.497 e. The zero-order chi connectivity index (χ0) is 20.5. The standard InChI is InChI=1S/C21H20ClN3O4/c1-27-17-6-2-15(3-7-17)19-10-11-21(25-24-19)28-13-12-23-20(26)14-29-18-8-4-16(22)5-9-18/h2-11H,12-14H2,1H3,(H,23,26). The maximum absolute atomic E-state index is 11.8. The van der Waals surface area contributed by atoms with E-state index in [0.717, 1.165) is 17.0 Å². The van der Waals surface area contributed by atoms with Gasteiger partial charge in [-0.1, -0.05) is 11.6 Å². The zero-order valence-electron chi connectivity index (χ0n) is 15.8. The molecule has 0 bridgehead atoms. The Balaban J connectivity index is 1.37. The Bertz CT molecular complexity index is 916. The molecule has 0 radical (unpaired) electrons. The summed E-state index contributed by atoms with van der Waals surface area (Å²) in [6.45, 7) is 0.506. The number of hydrogen-bond acceptors (Lipinski definition) is 6. The molecule has 0 aliphatic heterocycles. The van der Waals surface area contributed by atoms with Crippen LogP contribution in [0.4, 0.5) is 0 Å². The monoisotopic (exact) mass is 413 g/mol. The highest BCUT2D eigenvalue weighted by Crippen LogP contribution is 2.21. The number of ether oxygens (including phenoxy) is 3. The summed E-state index contributed by atoms with van der Waals surface area (Å²) < 4.78 is 16.0. The van der Waals surface area contributed by atoms with E-state index in [0.29, 0.717) is 23.2 Å². The summed E-state index contributed by atoms with van der Waals surface area (Å²) in [4.78, 5) is 11.8. The van der Waals surface area contributed by atoms with Crippen molar-refractivity contribution in [3.63, 3.8) is 0 Å². The molecule has 0 aliphatic rings. The van der Waals surface area contributed by atoms with Crippen molar-refractivity contribution in [3.8, 4) is 28.6 Å². The van der Waals surface area contributed by atoms with Gasteiger partial charge in [0.05, 0.1) is 19.3 Å². The Kier molecular flexibility index (Phi) is 7.24. The van der Waals surface area contributed by atoms with Crippen molar-refractivity contribution in [2.75, 3.05) is 26.9 Å². The van der Waals surface area contributed by atoms with E-state index in [-0.39, 0.29) is 19.1 Å². The van der Waals surface area contributed by atoms with Crippen molar-refractivity contribution >= 4 is 17.5 Å². The number of nitrogens with zero attached hydrogens (tertiary/aromatic N) is 2. The fourth-order valence-electron chi connectivity index (χ4n) is 2.39. The van der Waals surface area contributed by atoms with E-state index in [9.17, 15) is 4.79 Å². The second-order valence-corrected chi connectivity index (χ2v) is 6.36. The quantitative estimate of drug-likeness (QED) is 0.541. The van der Waals surface area contributed by atoms with Gasteiger partial charge in [-0.2, -0.15) is 0 Å². The molecule has 7 nitrogen and oxygen atoms in total. The molecule has 1 N–H and O–H groups in total. The summed E-state index contributed by atoms with van der Waals surface area (Å²) in [6.07, 6.45) is 0. The number of aromatic nitrogens is 2. The molecular weight excluding hydrogens is 394 g/mol. The summed E-state index contributed by atoms with van der Waals surface area (Å²) in [5, 5.41) is 11.5. The molecule has 1 aromatic heterocycles. The van der Waals surface area contributed by atoms with Gasteiger partial charge in [-0.3, -0.25) is 4.79 Å². The number of halogens is 1. The van der Waals surface area contributed by atoms with Crippen LogP contribution >= 0.6 is 11.6 Å². The van der Waals surface area contributed by atoms with Crippen LogP contribution in [0.1, 0.15) is 0 Å². The van der Waals surface area contributed by atoms with Gasteiger partial charge in [0.15, 0.2) is 6.61 Å². The van der Waals surface area contributed by atoms with Crippen molar-refractivity contribution < 1.29 is 19.0 Å². The maximum atomic E-state index is 11.8. The lowest BCUT2D eigenvalue weighted by molar-refractivity contribution is -0.123. The Morgan fingerprint density at radius 3 is 2.31 bits per heavy atom. The first kappa shape index (κ1) is 20.4. The van der Waals surface area contributed by atoms with Crippen molar-refractivity contribution in [2.45, 2.75) is 0 Å². The van der Waals surface area contributed by atoms with Crippen LogP contribution in [0.15, 0.2) is 60.7 Å². The number of rotatable bonds is 9. The lowest BCUT2D eigenvalue weighted by atomic mass is 10.1. The van der Waals surface area contributed by atoms with Gasteiger partial charge in [0.2, 0.25) is 5.88 Å². The van der Waals surface area contributed by atoms with Gasteiger partial charge in [0.25, 0.3) is 5.91 Å². The molecule has 0 unspecified atom stereocenters. The van der Waals surface area contributed by atoms with Gasteiger partial charge in [-0.15, -0.1) is 10.2 Å². The van der Waals surface area contributed by atoms with Crippen molar-refractivity contribution in [1.29, 1.82) is 0 Å². The Hall–Kier alpha value is -3.32. The molecule has 0 saturated carbocycles. The van der Waals surface area contributed by atoms with Crippen LogP contribution in [0.2, 0.25) is 5.02 Å². The number of carbonyl (C=O) groups excluding carboxylic acids is 1. The normalized spacial score (nSPS) is 10.3. The number of hydrogen-bond donors (Lipinski definition) is 1. The third kappa shape index (κ3) is 6.36. The predicted molar refractivity (Wildman–Crippen MR) is 109 cm³/mol. The highest BCUT2D eigenvalue weighted by molar-refractivity contribution is 6.30. The molecule has 1 heterocycles. The molecule has 1 amide bonds. The minimum absolute atomic E-state index is 0.0853.